The van der Waals surface area contributed by atoms with Gasteiger partial charge in [0.05, 0.1) is 46.2 Å². The second-order valence-electron chi connectivity index (χ2n) is 22.6. The number of amides is 4. The minimum Gasteiger partial charge on any atom is -0.394 e. The van der Waals surface area contributed by atoms with Gasteiger partial charge in [0.1, 0.15) is 171 Å². The molecule has 0 saturated carbocycles. The molecule has 0 unspecified atom stereocenters. The number of nitrogens with one attached hydrogen (secondary N) is 4. The highest BCUT2D eigenvalue weighted by Crippen LogP contribution is 2.37. The maximum atomic E-state index is 12.8. The van der Waals surface area contributed by atoms with Gasteiger partial charge in [-0.2, -0.15) is 0 Å². The first-order valence-corrected chi connectivity index (χ1v) is 28.6. The SMILES string of the molecule is CC(=O)N[C@@H]1[C@@H](O)[C@H](O[C@@H]2O[C@H](CO)[C@@H](O[C@@H]3O[C@H](CO[C@H]4O[C@H](CO[C@@H]5O[C@H](CO)[C@@H](O)[C@H](O)[C@H]5NC(C)=O)[C@@H](O)[C@H](O)[C@@H]4O)[C@@H](O)[C@H](O[C@H]4O[C@H](CO)[C@@H](O)[C@H](O)[C@@H]4O[C@@H]4O[C@H](CO)[C@@H](O)[C@H](O)[C@H]4NC(C)=O)[C@@H]3O)[C@H](O)[C@H]2NC(C)=O)[C@@H](CO)O[C@@H]1O. The van der Waals surface area contributed by atoms with Crippen LogP contribution in [0.1, 0.15) is 27.7 Å². The fourth-order valence-electron chi connectivity index (χ4n) is 11.4. The second kappa shape index (κ2) is 32.4. The number of ether oxygens (including phenoxy) is 13. The summed E-state index contributed by atoms with van der Waals surface area (Å²) in [6.45, 7) is -2.72. The van der Waals surface area contributed by atoms with E-state index in [1.54, 1.807) is 0 Å². The predicted molar refractivity (Wildman–Crippen MR) is 278 cm³/mol. The Hall–Kier alpha value is -3.40. The smallest absolute Gasteiger partial charge is 0.217 e. The molecule has 0 aromatic heterocycles. The Morgan fingerprint density at radius 3 is 1.12 bits per heavy atom. The summed E-state index contributed by atoms with van der Waals surface area (Å²) >= 11 is 0. The highest BCUT2D eigenvalue weighted by atomic mass is 16.8. The van der Waals surface area contributed by atoms with Gasteiger partial charge in [-0.15, -0.1) is 0 Å². The molecule has 90 heavy (non-hydrogen) atoms. The quantitative estimate of drug-likeness (QED) is 0.0452. The summed E-state index contributed by atoms with van der Waals surface area (Å²) in [6.07, 6.45) is -61.0. The van der Waals surface area contributed by atoms with Crippen molar-refractivity contribution < 1.29 is 178 Å². The van der Waals surface area contributed by atoms with Crippen LogP contribution < -0.4 is 21.3 Å². The van der Waals surface area contributed by atoms with E-state index in [0.717, 1.165) is 27.7 Å². The van der Waals surface area contributed by atoms with E-state index in [1.165, 1.54) is 0 Å². The van der Waals surface area contributed by atoms with Gasteiger partial charge >= 0.3 is 0 Å². The fourth-order valence-corrected chi connectivity index (χ4v) is 11.4. The van der Waals surface area contributed by atoms with Crippen LogP contribution in [0.5, 0.6) is 0 Å². The van der Waals surface area contributed by atoms with Crippen LogP contribution in [0.25, 0.3) is 0 Å². The summed E-state index contributed by atoms with van der Waals surface area (Å²) in [5.74, 6) is -3.18. The molecule has 40 heteroatoms. The molecule has 35 atom stereocenters. The molecule has 0 radical (unpaired) electrons. The molecule has 0 bridgehead atoms. The number of carbonyl (C=O) groups is 4. The molecule has 23 N–H and O–H groups in total. The van der Waals surface area contributed by atoms with Gasteiger partial charge in [0.15, 0.2) is 44.0 Å². The van der Waals surface area contributed by atoms with Crippen molar-refractivity contribution in [3.63, 3.8) is 0 Å². The number of aliphatic hydroxyl groups is 19. The monoisotopic (exact) mass is 1320 g/mol. The Labute approximate surface area is 510 Å². The standard InChI is InChI=1S/C50H84N4O36/c1-12(60)51-23-34(71)40(19(8-58)80-44(23)77)87-47-26(54-15(4)63)35(72)41(20(9-59)84-47)88-49-39(76)42(89-50-43(37(74)29(66)18(7-57)83-50)90-46-25(53-14(3)62)33(70)28(65)17(6-56)82-46)31(68)22(86-49)11-79-48-38(75)36(73)30(67)21(85-48)10-78-45-24(52-13(2)61)32(69)27(64)16(5-55)81-45/h16-50,55-59,64-77H,5-11H2,1-4H3,(H,51,60)(H,52,61)(H,53,62)(H,54,63)/t16-,17-,18-,19-,20-,21-,22-,23-,24-,25-,26-,27-,28-,29-,30-,31-,32-,33-,34-,35-,36+,37+,38+,39+,40-,41-,42+,43+,44+,45-,46+,47+,48+,49+,50-/m1/s1. The maximum Gasteiger partial charge on any atom is 0.217 e. The van der Waals surface area contributed by atoms with Crippen LogP contribution in [-0.4, -0.2) is 382 Å². The van der Waals surface area contributed by atoms with Crippen LogP contribution >= 0.6 is 0 Å². The summed E-state index contributed by atoms with van der Waals surface area (Å²) in [5.41, 5.74) is 0. The Bertz CT molecular complexity index is 2310. The Morgan fingerprint density at radius 1 is 0.289 bits per heavy atom. The zero-order chi connectivity index (χ0) is 66.5. The van der Waals surface area contributed by atoms with Gasteiger partial charge in [-0.25, -0.2) is 0 Å². The third-order valence-corrected chi connectivity index (χ3v) is 16.1. The molecule has 7 rings (SSSR count). The largest absolute Gasteiger partial charge is 0.394 e. The normalized spacial score (nSPS) is 47.6. The van der Waals surface area contributed by atoms with E-state index in [9.17, 15) is 116 Å². The van der Waals surface area contributed by atoms with Crippen LogP contribution in [0.15, 0.2) is 0 Å². The maximum absolute atomic E-state index is 12.8. The van der Waals surface area contributed by atoms with Crippen molar-refractivity contribution in [2.45, 2.75) is 242 Å². The van der Waals surface area contributed by atoms with E-state index in [0.29, 0.717) is 0 Å². The summed E-state index contributed by atoms with van der Waals surface area (Å²) in [4.78, 5) is 49.2. The molecule has 7 aliphatic heterocycles. The molecule has 0 aromatic carbocycles. The van der Waals surface area contributed by atoms with Crippen LogP contribution in [0.3, 0.4) is 0 Å². The number of hydrogen-bond donors (Lipinski definition) is 23. The van der Waals surface area contributed by atoms with Crippen molar-refractivity contribution >= 4 is 23.6 Å². The molecule has 7 fully saturated rings. The minimum absolute atomic E-state index is 0.724. The lowest BCUT2D eigenvalue weighted by atomic mass is 9.94. The topological polar surface area (TPSA) is 621 Å². The van der Waals surface area contributed by atoms with Crippen molar-refractivity contribution in [3.05, 3.63) is 0 Å². The molecule has 4 amide bonds. The third-order valence-electron chi connectivity index (χ3n) is 16.1. The number of carbonyl (C=O) groups excluding carboxylic acids is 4. The minimum atomic E-state index is -2.43. The number of rotatable bonds is 23. The first-order valence-electron chi connectivity index (χ1n) is 28.6. The van der Waals surface area contributed by atoms with Gasteiger partial charge in [-0.1, -0.05) is 0 Å². The van der Waals surface area contributed by atoms with E-state index in [-0.39, 0.29) is 0 Å². The number of hydrogen-bond acceptors (Lipinski definition) is 36. The van der Waals surface area contributed by atoms with Gasteiger partial charge in [-0.05, 0) is 0 Å². The van der Waals surface area contributed by atoms with Crippen molar-refractivity contribution in [1.29, 1.82) is 0 Å². The van der Waals surface area contributed by atoms with E-state index in [2.05, 4.69) is 21.3 Å². The molecule has 0 aromatic rings. The van der Waals surface area contributed by atoms with Crippen molar-refractivity contribution in [1.82, 2.24) is 21.3 Å². The van der Waals surface area contributed by atoms with E-state index in [1.807, 2.05) is 0 Å². The van der Waals surface area contributed by atoms with Gasteiger partial charge in [-0.3, -0.25) is 19.2 Å². The van der Waals surface area contributed by atoms with E-state index >= 15 is 0 Å². The summed E-state index contributed by atoms with van der Waals surface area (Å²) in [7, 11) is 0. The van der Waals surface area contributed by atoms with E-state index in [4.69, 9.17) is 61.6 Å². The highest BCUT2D eigenvalue weighted by Gasteiger charge is 2.58. The first kappa shape index (κ1) is 74.0. The van der Waals surface area contributed by atoms with Crippen LogP contribution in [0.4, 0.5) is 0 Å². The second-order valence-corrected chi connectivity index (χ2v) is 22.6. The Morgan fingerprint density at radius 2 is 0.622 bits per heavy atom. The van der Waals surface area contributed by atoms with Gasteiger partial charge in [0.2, 0.25) is 23.6 Å². The average Bonchev–Trinajstić information content (AvgIpc) is 0.961. The van der Waals surface area contributed by atoms with Crippen molar-refractivity contribution in [2.24, 2.45) is 0 Å². The average molecular weight is 1320 g/mol. The van der Waals surface area contributed by atoms with Crippen LogP contribution in [0, 0.1) is 0 Å². The molecule has 7 aliphatic rings. The summed E-state index contributed by atoms with van der Waals surface area (Å²) in [5, 5.41) is 218. The van der Waals surface area contributed by atoms with Crippen molar-refractivity contribution in [3.8, 4) is 0 Å². The lowest BCUT2D eigenvalue weighted by Gasteiger charge is -2.51. The van der Waals surface area contributed by atoms with Gasteiger partial charge < -0.3 is 180 Å². The highest BCUT2D eigenvalue weighted by molar-refractivity contribution is 5.74. The lowest BCUT2D eigenvalue weighted by molar-refractivity contribution is -0.394. The molecule has 7 saturated heterocycles. The molecular formula is C50H84N4O36. The molecule has 0 aliphatic carbocycles. The zero-order valence-electron chi connectivity index (χ0n) is 48.6. The molecule has 0 spiro atoms. The third kappa shape index (κ3) is 16.6. The van der Waals surface area contributed by atoms with Gasteiger partial charge in [0, 0.05) is 27.7 Å². The summed E-state index contributed by atoms with van der Waals surface area (Å²) in [6, 6.07) is -6.63. The molecule has 7 heterocycles. The lowest BCUT2D eigenvalue weighted by Crippen LogP contribution is -2.70. The molecule has 520 valence electrons. The molecule has 40 nitrogen and oxygen atoms in total. The zero-order valence-corrected chi connectivity index (χ0v) is 48.6. The van der Waals surface area contributed by atoms with Crippen molar-refractivity contribution in [2.75, 3.05) is 46.2 Å². The van der Waals surface area contributed by atoms with Gasteiger partial charge in [0.25, 0.3) is 0 Å². The van der Waals surface area contributed by atoms with Crippen LogP contribution in [-0.2, 0) is 80.8 Å². The van der Waals surface area contributed by atoms with Crippen LogP contribution in [0.2, 0.25) is 0 Å². The number of aliphatic hydroxyl groups excluding tert-OH is 19. The van der Waals surface area contributed by atoms with E-state index < -0.39 is 285 Å². The Kier molecular flexibility index (Phi) is 26.6. The summed E-state index contributed by atoms with van der Waals surface area (Å²) < 4.78 is 75.9. The Balaban J connectivity index is 1.20. The molecular weight excluding hydrogens is 1230 g/mol. The first-order chi connectivity index (χ1) is 42.5. The fraction of sp³-hybridized carbons (Fsp3) is 0.920. The predicted octanol–water partition coefficient (Wildman–Crippen LogP) is -15.7.